The summed E-state index contributed by atoms with van der Waals surface area (Å²) in [6, 6.07) is 0. The van der Waals surface area contributed by atoms with E-state index in [1.165, 1.54) is 6.39 Å². The van der Waals surface area contributed by atoms with E-state index in [1.54, 1.807) is 0 Å². The van der Waals surface area contributed by atoms with Crippen LogP contribution < -0.4 is 0 Å². The van der Waals surface area contributed by atoms with Gasteiger partial charge in [-0.1, -0.05) is 37.0 Å². The molecule has 1 heterocycles. The molecule has 50 valence electrons. The summed E-state index contributed by atoms with van der Waals surface area (Å²) in [6.07, 6.45) is 1.31. The standard InChI is InChI=1S/C4H4Br2N2O/c5-1-3(6)4-7-2-9-8-4/h2-3H,1H2. The summed E-state index contributed by atoms with van der Waals surface area (Å²) in [7, 11) is 0. The van der Waals surface area contributed by atoms with Gasteiger partial charge in [0.1, 0.15) is 0 Å². The second kappa shape index (κ2) is 3.31. The maximum Gasteiger partial charge on any atom is 0.213 e. The van der Waals surface area contributed by atoms with Crippen molar-refractivity contribution in [3.05, 3.63) is 12.2 Å². The van der Waals surface area contributed by atoms with Crippen LogP contribution >= 0.6 is 31.9 Å². The zero-order valence-electron chi connectivity index (χ0n) is 4.42. The molecule has 0 N–H and O–H groups in total. The monoisotopic (exact) mass is 254 g/mol. The van der Waals surface area contributed by atoms with Crippen molar-refractivity contribution in [3.8, 4) is 0 Å². The van der Waals surface area contributed by atoms with Crippen molar-refractivity contribution < 1.29 is 4.52 Å². The molecule has 5 heteroatoms. The minimum Gasteiger partial charge on any atom is -0.343 e. The summed E-state index contributed by atoms with van der Waals surface area (Å²) in [5.41, 5.74) is 0. The fourth-order valence-electron chi connectivity index (χ4n) is 0.386. The van der Waals surface area contributed by atoms with Crippen LogP contribution in [0.25, 0.3) is 0 Å². The van der Waals surface area contributed by atoms with Crippen molar-refractivity contribution in [2.45, 2.75) is 4.83 Å². The van der Waals surface area contributed by atoms with Crippen LogP contribution in [-0.4, -0.2) is 15.5 Å². The Morgan fingerprint density at radius 1 is 1.78 bits per heavy atom. The summed E-state index contributed by atoms with van der Waals surface area (Å²) in [5, 5.41) is 4.41. The molecular weight excluding hydrogens is 252 g/mol. The summed E-state index contributed by atoms with van der Waals surface area (Å²) in [4.78, 5) is 3.98. The lowest BCUT2D eigenvalue weighted by Gasteiger charge is -1.94. The fourth-order valence-corrected chi connectivity index (χ4v) is 0.877. The Balaban J connectivity index is 2.65. The van der Waals surface area contributed by atoms with Crippen molar-refractivity contribution >= 4 is 31.9 Å². The maximum absolute atomic E-state index is 4.53. The van der Waals surface area contributed by atoms with Crippen molar-refractivity contribution in [1.82, 2.24) is 10.1 Å². The van der Waals surface area contributed by atoms with Crippen LogP contribution in [0.15, 0.2) is 10.9 Å². The zero-order valence-corrected chi connectivity index (χ0v) is 7.59. The molecule has 0 spiro atoms. The number of alkyl halides is 2. The normalized spacial score (nSPS) is 13.6. The second-order valence-electron chi connectivity index (χ2n) is 1.41. The molecule has 0 fully saturated rings. The first-order chi connectivity index (χ1) is 4.34. The maximum atomic E-state index is 4.53. The Kier molecular flexibility index (Phi) is 2.65. The molecule has 0 radical (unpaired) electrons. The highest BCUT2D eigenvalue weighted by Crippen LogP contribution is 2.20. The molecule has 3 nitrogen and oxygen atoms in total. The highest BCUT2D eigenvalue weighted by molar-refractivity contribution is 9.12. The van der Waals surface area contributed by atoms with Crippen LogP contribution in [0.2, 0.25) is 0 Å². The summed E-state index contributed by atoms with van der Waals surface area (Å²) in [5.74, 6) is 0.673. The summed E-state index contributed by atoms with van der Waals surface area (Å²) in [6.45, 7) is 0. The largest absolute Gasteiger partial charge is 0.343 e. The molecule has 0 bridgehead atoms. The van der Waals surface area contributed by atoms with Crippen LogP contribution in [0.4, 0.5) is 0 Å². The van der Waals surface area contributed by atoms with Gasteiger partial charge in [0.05, 0.1) is 4.83 Å². The van der Waals surface area contributed by atoms with Gasteiger partial charge < -0.3 is 4.52 Å². The Hall–Kier alpha value is 0.1000. The molecule has 9 heavy (non-hydrogen) atoms. The highest BCUT2D eigenvalue weighted by atomic mass is 79.9. The quantitative estimate of drug-likeness (QED) is 0.758. The molecule has 0 aliphatic heterocycles. The van der Waals surface area contributed by atoms with Gasteiger partial charge in [-0.15, -0.1) is 0 Å². The summed E-state index contributed by atoms with van der Waals surface area (Å²) < 4.78 is 4.53. The molecule has 0 aliphatic carbocycles. The van der Waals surface area contributed by atoms with E-state index in [1.807, 2.05) is 0 Å². The zero-order chi connectivity index (χ0) is 6.69. The van der Waals surface area contributed by atoms with E-state index in [0.29, 0.717) is 5.82 Å². The van der Waals surface area contributed by atoms with Gasteiger partial charge in [-0.05, 0) is 0 Å². The molecule has 0 aliphatic rings. The first kappa shape index (κ1) is 7.21. The van der Waals surface area contributed by atoms with Gasteiger partial charge in [0.15, 0.2) is 5.82 Å². The molecule has 0 amide bonds. The van der Waals surface area contributed by atoms with Crippen LogP contribution in [-0.2, 0) is 0 Å². The average molecular weight is 256 g/mol. The average Bonchev–Trinajstić information content (AvgIpc) is 2.37. The van der Waals surface area contributed by atoms with Gasteiger partial charge in [0, 0.05) is 5.33 Å². The molecule has 1 aromatic heterocycles. The minimum atomic E-state index is 0.149. The summed E-state index contributed by atoms with van der Waals surface area (Å²) >= 11 is 6.60. The van der Waals surface area contributed by atoms with Crippen molar-refractivity contribution in [2.75, 3.05) is 5.33 Å². The van der Waals surface area contributed by atoms with Gasteiger partial charge in [-0.3, -0.25) is 0 Å². The minimum absolute atomic E-state index is 0.149. The Morgan fingerprint density at radius 2 is 2.56 bits per heavy atom. The third kappa shape index (κ3) is 1.76. The molecule has 1 rings (SSSR count). The van der Waals surface area contributed by atoms with E-state index in [4.69, 9.17) is 0 Å². The first-order valence-corrected chi connectivity index (χ1v) is 4.34. The van der Waals surface area contributed by atoms with E-state index in [2.05, 4.69) is 46.5 Å². The lowest BCUT2D eigenvalue weighted by molar-refractivity contribution is 0.410. The number of rotatable bonds is 2. The molecule has 0 aromatic carbocycles. The molecule has 1 aromatic rings. The third-order valence-electron chi connectivity index (χ3n) is 0.794. The SMILES string of the molecule is BrCC(Br)c1ncon1. The topological polar surface area (TPSA) is 38.9 Å². The van der Waals surface area contributed by atoms with Gasteiger partial charge in [0.25, 0.3) is 0 Å². The third-order valence-corrected chi connectivity index (χ3v) is 3.04. The molecule has 1 atom stereocenters. The molecular formula is C4H4Br2N2O. The lowest BCUT2D eigenvalue weighted by Crippen LogP contribution is -1.91. The van der Waals surface area contributed by atoms with E-state index in [9.17, 15) is 0 Å². The van der Waals surface area contributed by atoms with Crippen LogP contribution in [0.5, 0.6) is 0 Å². The number of hydrogen-bond donors (Lipinski definition) is 0. The molecule has 0 saturated carbocycles. The predicted molar refractivity (Wildman–Crippen MR) is 39.8 cm³/mol. The van der Waals surface area contributed by atoms with Crippen molar-refractivity contribution in [3.63, 3.8) is 0 Å². The predicted octanol–water partition coefficient (Wildman–Crippen LogP) is 1.90. The van der Waals surface area contributed by atoms with Gasteiger partial charge in [0.2, 0.25) is 6.39 Å². The number of hydrogen-bond acceptors (Lipinski definition) is 3. The van der Waals surface area contributed by atoms with Crippen LogP contribution in [0.1, 0.15) is 10.7 Å². The number of halogens is 2. The van der Waals surface area contributed by atoms with E-state index in [0.717, 1.165) is 5.33 Å². The molecule has 1 unspecified atom stereocenters. The number of aromatic nitrogens is 2. The van der Waals surface area contributed by atoms with E-state index >= 15 is 0 Å². The van der Waals surface area contributed by atoms with Gasteiger partial charge in [-0.25, -0.2) is 0 Å². The van der Waals surface area contributed by atoms with Crippen LogP contribution in [0.3, 0.4) is 0 Å². The fraction of sp³-hybridized carbons (Fsp3) is 0.500. The van der Waals surface area contributed by atoms with Crippen molar-refractivity contribution in [1.29, 1.82) is 0 Å². The van der Waals surface area contributed by atoms with Crippen molar-refractivity contribution in [2.24, 2.45) is 0 Å². The van der Waals surface area contributed by atoms with Gasteiger partial charge >= 0.3 is 0 Å². The first-order valence-electron chi connectivity index (χ1n) is 2.31. The number of nitrogens with zero attached hydrogens (tertiary/aromatic N) is 2. The Labute approximate surface area is 69.1 Å². The van der Waals surface area contributed by atoms with Gasteiger partial charge in [-0.2, -0.15) is 4.98 Å². The second-order valence-corrected chi connectivity index (χ2v) is 3.16. The lowest BCUT2D eigenvalue weighted by atomic mass is 10.5. The van der Waals surface area contributed by atoms with E-state index in [-0.39, 0.29) is 4.83 Å². The van der Waals surface area contributed by atoms with E-state index < -0.39 is 0 Å². The Bertz CT molecular complexity index is 165. The smallest absolute Gasteiger partial charge is 0.213 e. The Morgan fingerprint density at radius 3 is 3.00 bits per heavy atom. The highest BCUT2D eigenvalue weighted by Gasteiger charge is 2.08. The van der Waals surface area contributed by atoms with Crippen LogP contribution in [0, 0.1) is 0 Å². The molecule has 0 saturated heterocycles.